The van der Waals surface area contributed by atoms with E-state index in [2.05, 4.69) is 20.9 Å². The Kier molecular flexibility index (Phi) is 4.29. The molecule has 3 rings (SSSR count). The van der Waals surface area contributed by atoms with Gasteiger partial charge in [-0.15, -0.1) is 0 Å². The Morgan fingerprint density at radius 3 is 2.50 bits per heavy atom. The molecule has 0 unspecified atom stereocenters. The number of nitrogens with zero attached hydrogens (tertiary/aromatic N) is 2. The van der Waals surface area contributed by atoms with E-state index in [9.17, 15) is 0 Å². The largest absolute Gasteiger partial charge is 0.233 e. The van der Waals surface area contributed by atoms with Crippen molar-refractivity contribution in [2.24, 2.45) is 0 Å². The van der Waals surface area contributed by atoms with Gasteiger partial charge in [-0.3, -0.25) is 0 Å². The zero-order chi connectivity index (χ0) is 14.1. The molecule has 1 aliphatic carbocycles. The second-order valence-electron chi connectivity index (χ2n) is 5.04. The molecular formula is C15H13BrCl2N2. The van der Waals surface area contributed by atoms with Crippen molar-refractivity contribution in [1.29, 1.82) is 0 Å². The van der Waals surface area contributed by atoms with E-state index in [0.29, 0.717) is 21.9 Å². The Morgan fingerprint density at radius 1 is 1.05 bits per heavy atom. The smallest absolute Gasteiger partial charge is 0.162 e. The van der Waals surface area contributed by atoms with E-state index in [-0.39, 0.29) is 0 Å². The van der Waals surface area contributed by atoms with Crippen LogP contribution >= 0.6 is 39.1 Å². The monoisotopic (exact) mass is 370 g/mol. The van der Waals surface area contributed by atoms with E-state index in [4.69, 9.17) is 28.2 Å². The van der Waals surface area contributed by atoms with E-state index in [1.807, 2.05) is 24.3 Å². The molecule has 1 saturated carbocycles. The van der Waals surface area contributed by atoms with Crippen LogP contribution in [0, 0.1) is 0 Å². The highest BCUT2D eigenvalue weighted by Crippen LogP contribution is 2.35. The predicted molar refractivity (Wildman–Crippen MR) is 86.4 cm³/mol. The van der Waals surface area contributed by atoms with Crippen molar-refractivity contribution >= 4 is 39.1 Å². The summed E-state index contributed by atoms with van der Waals surface area (Å²) in [4.78, 5) is 9.05. The predicted octanol–water partition coefficient (Wildman–Crippen LogP) is 5.87. The molecule has 0 bridgehead atoms. The van der Waals surface area contributed by atoms with Gasteiger partial charge in [-0.25, -0.2) is 9.97 Å². The highest BCUT2D eigenvalue weighted by molar-refractivity contribution is 9.10. The standard InChI is InChI=1S/C15H13BrCl2N2/c16-12-7-10(17)5-6-11(12)15-19-13(8-14(18)20-15)9-3-1-2-4-9/h5-9H,1-4H2. The van der Waals surface area contributed by atoms with Crippen LogP contribution in [0.4, 0.5) is 0 Å². The molecule has 1 fully saturated rings. The number of rotatable bonds is 2. The number of halogens is 3. The average molecular weight is 372 g/mol. The summed E-state index contributed by atoms with van der Waals surface area (Å²) in [6.45, 7) is 0. The Bertz CT molecular complexity index is 640. The molecule has 0 atom stereocenters. The first-order valence-electron chi connectivity index (χ1n) is 6.63. The second-order valence-corrected chi connectivity index (χ2v) is 6.72. The van der Waals surface area contributed by atoms with E-state index in [1.165, 1.54) is 25.7 Å². The molecular weight excluding hydrogens is 359 g/mol. The van der Waals surface area contributed by atoms with Crippen molar-refractivity contribution in [1.82, 2.24) is 9.97 Å². The first-order valence-corrected chi connectivity index (χ1v) is 8.18. The fraction of sp³-hybridized carbons (Fsp3) is 0.333. The van der Waals surface area contributed by atoms with Crippen molar-refractivity contribution in [3.63, 3.8) is 0 Å². The summed E-state index contributed by atoms with van der Waals surface area (Å²) in [7, 11) is 0. The lowest BCUT2D eigenvalue weighted by Crippen LogP contribution is -2.00. The SMILES string of the molecule is Clc1ccc(-c2nc(Cl)cc(C3CCCC3)n2)c(Br)c1. The van der Waals surface area contributed by atoms with Crippen LogP contribution < -0.4 is 0 Å². The minimum absolute atomic E-state index is 0.499. The molecule has 1 aromatic carbocycles. The van der Waals surface area contributed by atoms with Gasteiger partial charge in [0.1, 0.15) is 5.15 Å². The van der Waals surface area contributed by atoms with Crippen LogP contribution in [0.3, 0.4) is 0 Å². The van der Waals surface area contributed by atoms with Gasteiger partial charge in [0.15, 0.2) is 5.82 Å². The molecule has 1 heterocycles. The fourth-order valence-corrected chi connectivity index (χ4v) is 3.71. The van der Waals surface area contributed by atoms with Crippen molar-refractivity contribution < 1.29 is 0 Å². The van der Waals surface area contributed by atoms with Gasteiger partial charge in [-0.05, 0) is 53.0 Å². The summed E-state index contributed by atoms with van der Waals surface area (Å²) in [5.74, 6) is 1.17. The summed E-state index contributed by atoms with van der Waals surface area (Å²) >= 11 is 15.7. The summed E-state index contributed by atoms with van der Waals surface area (Å²) in [6.07, 6.45) is 4.92. The molecule has 1 aliphatic rings. The Morgan fingerprint density at radius 2 is 1.80 bits per heavy atom. The topological polar surface area (TPSA) is 25.8 Å². The minimum Gasteiger partial charge on any atom is -0.233 e. The number of hydrogen-bond acceptors (Lipinski definition) is 2. The first kappa shape index (κ1) is 14.3. The first-order chi connectivity index (χ1) is 9.63. The lowest BCUT2D eigenvalue weighted by molar-refractivity contribution is 0.695. The van der Waals surface area contributed by atoms with E-state index in [1.54, 1.807) is 0 Å². The lowest BCUT2D eigenvalue weighted by Gasteiger charge is -2.11. The molecule has 0 saturated heterocycles. The van der Waals surface area contributed by atoms with Gasteiger partial charge in [0.25, 0.3) is 0 Å². The van der Waals surface area contributed by atoms with Gasteiger partial charge in [-0.1, -0.05) is 36.0 Å². The molecule has 2 nitrogen and oxygen atoms in total. The second kappa shape index (κ2) is 6.00. The van der Waals surface area contributed by atoms with Gasteiger partial charge >= 0.3 is 0 Å². The summed E-state index contributed by atoms with van der Waals surface area (Å²) < 4.78 is 0.879. The van der Waals surface area contributed by atoms with Crippen LogP contribution in [-0.4, -0.2) is 9.97 Å². The van der Waals surface area contributed by atoms with E-state index >= 15 is 0 Å². The molecule has 5 heteroatoms. The molecule has 0 spiro atoms. The molecule has 1 aromatic heterocycles. The Hall–Kier alpha value is -0.640. The molecule has 0 radical (unpaired) electrons. The Balaban J connectivity index is 2.04. The molecule has 0 amide bonds. The zero-order valence-electron chi connectivity index (χ0n) is 10.7. The van der Waals surface area contributed by atoms with Crippen molar-refractivity contribution in [3.05, 3.63) is 44.6 Å². The van der Waals surface area contributed by atoms with Gasteiger partial charge in [0.2, 0.25) is 0 Å². The summed E-state index contributed by atoms with van der Waals surface area (Å²) in [5.41, 5.74) is 1.97. The van der Waals surface area contributed by atoms with Crippen LogP contribution in [-0.2, 0) is 0 Å². The highest BCUT2D eigenvalue weighted by atomic mass is 79.9. The molecule has 104 valence electrons. The van der Waals surface area contributed by atoms with Gasteiger partial charge in [0.05, 0.1) is 0 Å². The van der Waals surface area contributed by atoms with Crippen molar-refractivity contribution in [3.8, 4) is 11.4 Å². The van der Waals surface area contributed by atoms with Crippen LogP contribution in [0.5, 0.6) is 0 Å². The quantitative estimate of drug-likeness (QED) is 0.617. The maximum atomic E-state index is 6.17. The molecule has 0 N–H and O–H groups in total. The number of hydrogen-bond donors (Lipinski definition) is 0. The third-order valence-electron chi connectivity index (χ3n) is 3.66. The third kappa shape index (κ3) is 3.00. The summed E-state index contributed by atoms with van der Waals surface area (Å²) in [6, 6.07) is 7.49. The number of benzene rings is 1. The van der Waals surface area contributed by atoms with Crippen molar-refractivity contribution in [2.75, 3.05) is 0 Å². The average Bonchev–Trinajstić information content (AvgIpc) is 2.91. The van der Waals surface area contributed by atoms with Crippen LogP contribution in [0.25, 0.3) is 11.4 Å². The van der Waals surface area contributed by atoms with Gasteiger partial charge < -0.3 is 0 Å². The normalized spacial score (nSPS) is 15.8. The van der Waals surface area contributed by atoms with Crippen LogP contribution in [0.15, 0.2) is 28.7 Å². The highest BCUT2D eigenvalue weighted by Gasteiger charge is 2.20. The van der Waals surface area contributed by atoms with Gasteiger partial charge in [-0.2, -0.15) is 0 Å². The number of aromatic nitrogens is 2. The minimum atomic E-state index is 0.499. The fourth-order valence-electron chi connectivity index (χ4n) is 2.66. The van der Waals surface area contributed by atoms with E-state index in [0.717, 1.165) is 15.7 Å². The maximum Gasteiger partial charge on any atom is 0.162 e. The van der Waals surface area contributed by atoms with Crippen LogP contribution in [0.2, 0.25) is 10.2 Å². The van der Waals surface area contributed by atoms with Crippen molar-refractivity contribution in [2.45, 2.75) is 31.6 Å². The molecule has 20 heavy (non-hydrogen) atoms. The molecule has 2 aromatic rings. The molecule has 0 aliphatic heterocycles. The summed E-state index contributed by atoms with van der Waals surface area (Å²) in [5, 5.41) is 1.18. The van der Waals surface area contributed by atoms with Crippen LogP contribution in [0.1, 0.15) is 37.3 Å². The lowest BCUT2D eigenvalue weighted by atomic mass is 10.0. The maximum absolute atomic E-state index is 6.17. The van der Waals surface area contributed by atoms with E-state index < -0.39 is 0 Å². The van der Waals surface area contributed by atoms with Gasteiger partial charge in [0, 0.05) is 26.7 Å². The third-order valence-corrected chi connectivity index (χ3v) is 4.74. The zero-order valence-corrected chi connectivity index (χ0v) is 13.8. The Labute approximate surface area is 136 Å².